The van der Waals surface area contributed by atoms with Crippen molar-refractivity contribution >= 4 is 0 Å². The van der Waals surface area contributed by atoms with Crippen LogP contribution in [0.3, 0.4) is 0 Å². The first-order chi connectivity index (χ1) is 13.7. The van der Waals surface area contributed by atoms with Crippen LogP contribution in [0.25, 0.3) is 0 Å². The predicted octanol–water partition coefficient (Wildman–Crippen LogP) is 7.93. The molecule has 188 valence electrons. The highest BCUT2D eigenvalue weighted by molar-refractivity contribution is 4.81. The standard InChI is InChI=1S/C29H62N2/c1-22(2)23(3)18-30(19-24(4)27(7,8)9)16-17-31(20-25(5)28(10,11)12)21-26(6)29(13,14)15/h22-26H,16-21H2,1-15H3. The van der Waals surface area contributed by atoms with Gasteiger partial charge in [-0.3, -0.25) is 0 Å². The first kappa shape index (κ1) is 30.9. The second-order valence-corrected chi connectivity index (χ2v) is 14.5. The van der Waals surface area contributed by atoms with Crippen LogP contribution in [0.1, 0.15) is 104 Å². The zero-order chi connectivity index (χ0) is 24.8. The van der Waals surface area contributed by atoms with Crippen LogP contribution in [-0.2, 0) is 0 Å². The van der Waals surface area contributed by atoms with E-state index in [0.29, 0.717) is 34.0 Å². The monoisotopic (exact) mass is 438 g/mol. The summed E-state index contributed by atoms with van der Waals surface area (Å²) in [6, 6.07) is 0. The lowest BCUT2D eigenvalue weighted by molar-refractivity contribution is 0.0873. The van der Waals surface area contributed by atoms with E-state index in [9.17, 15) is 0 Å². The minimum absolute atomic E-state index is 0.357. The van der Waals surface area contributed by atoms with Gasteiger partial charge in [-0.1, -0.05) is 104 Å². The SMILES string of the molecule is CC(C)C(C)CN(CCN(CC(C)C(C)(C)C)CC(C)C(C)(C)C)CC(C)C(C)(C)C. The zero-order valence-electron chi connectivity index (χ0n) is 24.5. The van der Waals surface area contributed by atoms with E-state index in [1.54, 1.807) is 0 Å². The lowest BCUT2D eigenvalue weighted by Gasteiger charge is -2.39. The first-order valence-electron chi connectivity index (χ1n) is 13.2. The Balaban J connectivity index is 5.40. The summed E-state index contributed by atoms with van der Waals surface area (Å²) in [6.07, 6.45) is 0. The summed E-state index contributed by atoms with van der Waals surface area (Å²) < 4.78 is 0. The van der Waals surface area contributed by atoms with Gasteiger partial charge in [-0.05, 0) is 45.8 Å². The van der Waals surface area contributed by atoms with Crippen molar-refractivity contribution in [1.29, 1.82) is 0 Å². The molecule has 31 heavy (non-hydrogen) atoms. The third-order valence-electron chi connectivity index (χ3n) is 8.45. The normalized spacial score (nSPS) is 18.0. The van der Waals surface area contributed by atoms with Crippen LogP contribution in [0.2, 0.25) is 0 Å². The molecule has 0 amide bonds. The van der Waals surface area contributed by atoms with Crippen molar-refractivity contribution in [2.75, 3.05) is 39.3 Å². The van der Waals surface area contributed by atoms with Crippen LogP contribution in [0.5, 0.6) is 0 Å². The summed E-state index contributed by atoms with van der Waals surface area (Å²) in [7, 11) is 0. The Morgan fingerprint density at radius 3 is 0.935 bits per heavy atom. The molecule has 0 fully saturated rings. The molecule has 0 aromatic heterocycles. The van der Waals surface area contributed by atoms with Gasteiger partial charge in [0.05, 0.1) is 0 Å². The van der Waals surface area contributed by atoms with Crippen molar-refractivity contribution in [3.63, 3.8) is 0 Å². The van der Waals surface area contributed by atoms with Crippen molar-refractivity contribution in [2.45, 2.75) is 104 Å². The fraction of sp³-hybridized carbons (Fsp3) is 1.00. The quantitative estimate of drug-likeness (QED) is 0.305. The summed E-state index contributed by atoms with van der Waals surface area (Å²) in [5.74, 6) is 3.56. The molecule has 0 N–H and O–H groups in total. The number of hydrogen-bond donors (Lipinski definition) is 0. The Morgan fingerprint density at radius 1 is 0.452 bits per heavy atom. The second kappa shape index (κ2) is 12.4. The molecule has 0 rings (SSSR count). The zero-order valence-corrected chi connectivity index (χ0v) is 24.5. The van der Waals surface area contributed by atoms with Gasteiger partial charge in [0.1, 0.15) is 0 Å². The second-order valence-electron chi connectivity index (χ2n) is 14.5. The molecule has 2 heteroatoms. The van der Waals surface area contributed by atoms with Crippen LogP contribution in [-0.4, -0.2) is 49.1 Å². The molecule has 0 spiro atoms. The Hall–Kier alpha value is -0.0800. The molecule has 0 saturated carbocycles. The van der Waals surface area contributed by atoms with Crippen LogP contribution in [0.15, 0.2) is 0 Å². The van der Waals surface area contributed by atoms with E-state index in [4.69, 9.17) is 0 Å². The van der Waals surface area contributed by atoms with E-state index in [0.717, 1.165) is 11.8 Å². The number of hydrogen-bond acceptors (Lipinski definition) is 2. The summed E-state index contributed by atoms with van der Waals surface area (Å²) in [5.41, 5.74) is 1.08. The third-order valence-corrected chi connectivity index (χ3v) is 8.45. The topological polar surface area (TPSA) is 6.48 Å². The number of nitrogens with zero attached hydrogens (tertiary/aromatic N) is 2. The maximum absolute atomic E-state index is 2.78. The fourth-order valence-corrected chi connectivity index (χ4v) is 3.40. The summed E-state index contributed by atoms with van der Waals surface area (Å²) >= 11 is 0. The van der Waals surface area contributed by atoms with Crippen LogP contribution in [0.4, 0.5) is 0 Å². The van der Waals surface area contributed by atoms with Crippen molar-refractivity contribution in [3.05, 3.63) is 0 Å². The average Bonchev–Trinajstić information content (AvgIpc) is 2.56. The van der Waals surface area contributed by atoms with E-state index in [1.165, 1.54) is 39.3 Å². The Morgan fingerprint density at radius 2 is 0.710 bits per heavy atom. The van der Waals surface area contributed by atoms with Gasteiger partial charge >= 0.3 is 0 Å². The maximum atomic E-state index is 2.78. The van der Waals surface area contributed by atoms with Gasteiger partial charge in [-0.2, -0.15) is 0 Å². The first-order valence-corrected chi connectivity index (χ1v) is 13.2. The molecular formula is C29H62N2. The summed E-state index contributed by atoms with van der Waals surface area (Å²) in [5, 5.41) is 0. The van der Waals surface area contributed by atoms with Gasteiger partial charge in [0.15, 0.2) is 0 Å². The molecule has 0 radical (unpaired) electrons. The Bertz CT molecular complexity index is 452. The van der Waals surface area contributed by atoms with Gasteiger partial charge < -0.3 is 9.80 Å². The van der Waals surface area contributed by atoms with Crippen molar-refractivity contribution in [1.82, 2.24) is 9.80 Å². The minimum Gasteiger partial charge on any atom is -0.302 e. The fourth-order valence-electron chi connectivity index (χ4n) is 3.40. The van der Waals surface area contributed by atoms with E-state index < -0.39 is 0 Å². The van der Waals surface area contributed by atoms with Gasteiger partial charge in [0.25, 0.3) is 0 Å². The maximum Gasteiger partial charge on any atom is 0.0110 e. The van der Waals surface area contributed by atoms with E-state index >= 15 is 0 Å². The smallest absolute Gasteiger partial charge is 0.0110 e. The molecule has 0 saturated heterocycles. The highest BCUT2D eigenvalue weighted by atomic mass is 15.2. The van der Waals surface area contributed by atoms with Crippen molar-refractivity contribution in [3.8, 4) is 0 Å². The molecular weight excluding hydrogens is 376 g/mol. The molecule has 4 unspecified atom stereocenters. The van der Waals surface area contributed by atoms with E-state index in [1.807, 2.05) is 0 Å². The number of rotatable bonds is 12. The van der Waals surface area contributed by atoms with Gasteiger partial charge in [0.2, 0.25) is 0 Å². The lowest BCUT2D eigenvalue weighted by Crippen LogP contribution is -2.45. The van der Waals surface area contributed by atoms with Crippen molar-refractivity contribution < 1.29 is 0 Å². The Kier molecular flexibility index (Phi) is 12.4. The highest BCUT2D eigenvalue weighted by Gasteiger charge is 2.28. The molecule has 0 aliphatic carbocycles. The van der Waals surface area contributed by atoms with Crippen LogP contribution < -0.4 is 0 Å². The molecule has 0 bridgehead atoms. The molecule has 0 aliphatic heterocycles. The summed E-state index contributed by atoms with van der Waals surface area (Å²) in [6.45, 7) is 43.2. The third kappa shape index (κ3) is 12.7. The summed E-state index contributed by atoms with van der Waals surface area (Å²) in [4.78, 5) is 5.55. The lowest BCUT2D eigenvalue weighted by atomic mass is 9.80. The Labute approximate surface area is 198 Å². The van der Waals surface area contributed by atoms with Crippen molar-refractivity contribution in [2.24, 2.45) is 45.8 Å². The molecule has 0 aromatic rings. The minimum atomic E-state index is 0.357. The molecule has 4 atom stereocenters. The van der Waals surface area contributed by atoms with Gasteiger partial charge in [-0.15, -0.1) is 0 Å². The molecule has 0 aromatic carbocycles. The van der Waals surface area contributed by atoms with Crippen LogP contribution in [0, 0.1) is 45.8 Å². The molecule has 0 aliphatic rings. The molecule has 0 heterocycles. The largest absolute Gasteiger partial charge is 0.302 e. The predicted molar refractivity (Wildman–Crippen MR) is 143 cm³/mol. The van der Waals surface area contributed by atoms with Gasteiger partial charge in [0, 0.05) is 39.3 Å². The highest BCUT2D eigenvalue weighted by Crippen LogP contribution is 2.30. The van der Waals surface area contributed by atoms with Crippen LogP contribution >= 0.6 is 0 Å². The van der Waals surface area contributed by atoms with E-state index in [-0.39, 0.29) is 0 Å². The van der Waals surface area contributed by atoms with E-state index in [2.05, 4.69) is 114 Å². The average molecular weight is 439 g/mol. The van der Waals surface area contributed by atoms with Gasteiger partial charge in [-0.25, -0.2) is 0 Å². The molecule has 2 nitrogen and oxygen atoms in total.